The topological polar surface area (TPSA) is 123 Å². The number of hydrogen-bond acceptors (Lipinski definition) is 8. The van der Waals surface area contributed by atoms with Crippen LogP contribution in [0.4, 0.5) is 24.5 Å². The van der Waals surface area contributed by atoms with Crippen LogP contribution in [0.15, 0.2) is 76.6 Å². The molecule has 14 heteroatoms. The normalized spacial score (nSPS) is 19.7. The van der Waals surface area contributed by atoms with Gasteiger partial charge in [0.1, 0.15) is 17.6 Å². The van der Waals surface area contributed by atoms with E-state index in [0.29, 0.717) is 9.90 Å². The molecule has 1 N–H and O–H groups in total. The van der Waals surface area contributed by atoms with Crippen molar-refractivity contribution in [1.29, 1.82) is 0 Å². The summed E-state index contributed by atoms with van der Waals surface area (Å²) in [5.41, 5.74) is 0.424. The van der Waals surface area contributed by atoms with Crippen LogP contribution in [0.1, 0.15) is 33.0 Å². The number of anilines is 1. The van der Waals surface area contributed by atoms with Gasteiger partial charge in [-0.1, -0.05) is 53.4 Å². The highest BCUT2D eigenvalue weighted by Gasteiger charge is 2.57. The van der Waals surface area contributed by atoms with Crippen LogP contribution >= 0.6 is 23.1 Å². The molecule has 1 aromatic heterocycles. The number of fused-ring (bicyclic) bond motifs is 2. The third kappa shape index (κ3) is 5.10. The maximum atomic E-state index is 14.0. The number of halogens is 3. The van der Waals surface area contributed by atoms with E-state index in [1.165, 1.54) is 24.3 Å². The second-order valence-electron chi connectivity index (χ2n) is 10.0. The predicted molar refractivity (Wildman–Crippen MR) is 152 cm³/mol. The van der Waals surface area contributed by atoms with Gasteiger partial charge in [0.25, 0.3) is 5.69 Å². The van der Waals surface area contributed by atoms with Gasteiger partial charge in [0, 0.05) is 28.5 Å². The van der Waals surface area contributed by atoms with Gasteiger partial charge in [-0.3, -0.25) is 24.5 Å². The Morgan fingerprint density at radius 2 is 1.79 bits per heavy atom. The molecule has 0 unspecified atom stereocenters. The molecule has 3 heterocycles. The number of nitro benzene ring substituents is 1. The summed E-state index contributed by atoms with van der Waals surface area (Å²) in [7, 11) is 0. The van der Waals surface area contributed by atoms with Gasteiger partial charge in [-0.2, -0.15) is 13.2 Å². The zero-order valence-electron chi connectivity index (χ0n) is 22.1. The van der Waals surface area contributed by atoms with Crippen LogP contribution in [0.3, 0.4) is 0 Å². The molecule has 2 aliphatic heterocycles. The van der Waals surface area contributed by atoms with E-state index in [0.717, 1.165) is 57.3 Å². The maximum absolute atomic E-state index is 14.0. The molecule has 0 bridgehead atoms. The standard InChI is InChI=1S/C29H20F3N3O6S2/c1-14-5-2-3-6-15(14)13-41-20-10-9-18(35(39)40)12-19(20)21-22-24(42-25-23(21)43-28(38)33-25)27(37)34(26(22)36)17-8-4-7-16(11-17)29(30,31)32/h2-12,21-22,24H,13H2,1H3,(H,33,38)/t21-,22-,24+/m0/s1. The van der Waals surface area contributed by atoms with Crippen molar-refractivity contribution in [3.05, 3.63) is 114 Å². The minimum atomic E-state index is -4.71. The lowest BCUT2D eigenvalue weighted by Crippen LogP contribution is -2.32. The number of nitrogens with one attached hydrogen (secondary N) is 1. The Bertz CT molecular complexity index is 1850. The first-order valence-corrected chi connectivity index (χ1v) is 14.5. The van der Waals surface area contributed by atoms with Gasteiger partial charge < -0.3 is 9.72 Å². The predicted octanol–water partition coefficient (Wildman–Crippen LogP) is 6.05. The highest BCUT2D eigenvalue weighted by molar-refractivity contribution is 8.00. The number of thiazole rings is 1. The molecule has 3 atom stereocenters. The number of ether oxygens (including phenoxy) is 1. The number of imide groups is 1. The van der Waals surface area contributed by atoms with Crippen LogP contribution in [-0.4, -0.2) is 27.0 Å². The van der Waals surface area contributed by atoms with Crippen LogP contribution in [0.25, 0.3) is 0 Å². The van der Waals surface area contributed by atoms with Crippen LogP contribution < -0.4 is 14.5 Å². The first-order chi connectivity index (χ1) is 20.4. The molecule has 3 aromatic carbocycles. The maximum Gasteiger partial charge on any atom is 0.416 e. The smallest absolute Gasteiger partial charge is 0.416 e. The SMILES string of the molecule is Cc1ccccc1COc1ccc([N+](=O)[O-])cc1[C@@H]1c2sc(=O)[nH]c2S[C@H]2C(=O)N(c3cccc(C(F)(F)F)c3)C(=O)[C@@H]12. The molecule has 6 rings (SSSR count). The summed E-state index contributed by atoms with van der Waals surface area (Å²) in [5.74, 6) is -3.56. The number of carbonyl (C=O) groups excluding carboxylic acids is 2. The van der Waals surface area contributed by atoms with Gasteiger partial charge in [-0.15, -0.1) is 0 Å². The minimum Gasteiger partial charge on any atom is -0.489 e. The summed E-state index contributed by atoms with van der Waals surface area (Å²) in [6.45, 7) is 1.99. The number of aromatic amines is 1. The first-order valence-electron chi connectivity index (χ1n) is 12.8. The molecule has 1 fully saturated rings. The lowest BCUT2D eigenvalue weighted by molar-refractivity contribution is -0.385. The average molecular weight is 628 g/mol. The summed E-state index contributed by atoms with van der Waals surface area (Å²) in [6, 6.07) is 15.3. The van der Waals surface area contributed by atoms with E-state index in [4.69, 9.17) is 4.74 Å². The van der Waals surface area contributed by atoms with Crippen LogP contribution in [-0.2, 0) is 22.4 Å². The second-order valence-corrected chi connectivity index (χ2v) is 12.2. The number of aryl methyl sites for hydroxylation is 1. The van der Waals surface area contributed by atoms with Crippen molar-refractivity contribution in [3.63, 3.8) is 0 Å². The highest BCUT2D eigenvalue weighted by Crippen LogP contribution is 2.55. The van der Waals surface area contributed by atoms with Crippen molar-refractivity contribution >= 4 is 46.3 Å². The van der Waals surface area contributed by atoms with Crippen molar-refractivity contribution in [1.82, 2.24) is 4.98 Å². The molecule has 220 valence electrons. The Balaban J connectivity index is 1.48. The van der Waals surface area contributed by atoms with E-state index in [-0.39, 0.29) is 29.3 Å². The zero-order chi connectivity index (χ0) is 30.6. The number of hydrogen-bond donors (Lipinski definition) is 1. The van der Waals surface area contributed by atoms with Gasteiger partial charge in [-0.05, 0) is 42.3 Å². The molecule has 2 amide bonds. The van der Waals surface area contributed by atoms with E-state index >= 15 is 0 Å². The third-order valence-electron chi connectivity index (χ3n) is 7.44. The molecule has 0 aliphatic carbocycles. The summed E-state index contributed by atoms with van der Waals surface area (Å²) in [4.78, 5) is 54.7. The summed E-state index contributed by atoms with van der Waals surface area (Å²) in [6.07, 6.45) is -4.71. The molecule has 1 saturated heterocycles. The highest BCUT2D eigenvalue weighted by atomic mass is 32.2. The third-order valence-corrected chi connectivity index (χ3v) is 9.84. The number of non-ortho nitro benzene ring substituents is 1. The fourth-order valence-corrected chi connectivity index (χ4v) is 7.89. The average Bonchev–Trinajstić information content (AvgIpc) is 3.46. The number of nitro groups is 1. The lowest BCUT2D eigenvalue weighted by atomic mass is 9.82. The molecule has 9 nitrogen and oxygen atoms in total. The van der Waals surface area contributed by atoms with Crippen molar-refractivity contribution < 1.29 is 32.4 Å². The van der Waals surface area contributed by atoms with Crippen LogP contribution in [0, 0.1) is 23.0 Å². The molecular formula is C29H20F3N3O6S2. The second kappa shape index (κ2) is 10.7. The van der Waals surface area contributed by atoms with Gasteiger partial charge in [0.15, 0.2) is 0 Å². The monoisotopic (exact) mass is 627 g/mol. The Labute approximate surface area is 249 Å². The molecule has 0 radical (unpaired) electrons. The first kappa shape index (κ1) is 28.7. The Morgan fingerprint density at radius 3 is 2.51 bits per heavy atom. The Hall–Kier alpha value is -4.43. The molecule has 2 aliphatic rings. The van der Waals surface area contributed by atoms with Gasteiger partial charge in [-0.25, -0.2) is 4.90 Å². The molecule has 43 heavy (non-hydrogen) atoms. The summed E-state index contributed by atoms with van der Waals surface area (Å²) >= 11 is 1.74. The number of amides is 2. The largest absolute Gasteiger partial charge is 0.489 e. The summed E-state index contributed by atoms with van der Waals surface area (Å²) in [5, 5.41) is 11.0. The number of alkyl halides is 3. The fraction of sp³-hybridized carbons (Fsp3) is 0.207. The van der Waals surface area contributed by atoms with E-state index in [1.54, 1.807) is 0 Å². The number of H-pyrrole nitrogens is 1. The molecular weight excluding hydrogens is 607 g/mol. The zero-order valence-corrected chi connectivity index (χ0v) is 23.7. The number of benzene rings is 3. The summed E-state index contributed by atoms with van der Waals surface area (Å²) < 4.78 is 46.6. The van der Waals surface area contributed by atoms with E-state index in [2.05, 4.69) is 4.98 Å². The number of rotatable bonds is 6. The quantitative estimate of drug-likeness (QED) is 0.157. The van der Waals surface area contributed by atoms with Crippen molar-refractivity contribution in [2.24, 2.45) is 5.92 Å². The molecule has 0 spiro atoms. The number of nitrogens with zero attached hydrogens (tertiary/aromatic N) is 2. The Morgan fingerprint density at radius 1 is 1.02 bits per heavy atom. The fourth-order valence-electron chi connectivity index (χ4n) is 5.38. The lowest BCUT2D eigenvalue weighted by Gasteiger charge is -2.30. The van der Waals surface area contributed by atoms with Crippen molar-refractivity contribution in [2.75, 3.05) is 4.90 Å². The molecule has 0 saturated carbocycles. The van der Waals surface area contributed by atoms with E-state index in [1.807, 2.05) is 31.2 Å². The van der Waals surface area contributed by atoms with E-state index in [9.17, 15) is 37.7 Å². The number of carbonyl (C=O) groups is 2. The number of thioether (sulfide) groups is 1. The van der Waals surface area contributed by atoms with Gasteiger partial charge in [0.2, 0.25) is 11.8 Å². The van der Waals surface area contributed by atoms with E-state index < -0.39 is 50.4 Å². The van der Waals surface area contributed by atoms with Crippen LogP contribution in [0.2, 0.25) is 0 Å². The molecule has 4 aromatic rings. The van der Waals surface area contributed by atoms with Gasteiger partial charge in [0.05, 0.1) is 27.1 Å². The number of aromatic nitrogens is 1. The van der Waals surface area contributed by atoms with Crippen molar-refractivity contribution in [2.45, 2.75) is 35.9 Å². The van der Waals surface area contributed by atoms with Crippen molar-refractivity contribution in [3.8, 4) is 5.75 Å². The van der Waals surface area contributed by atoms with Gasteiger partial charge >= 0.3 is 11.0 Å². The van der Waals surface area contributed by atoms with Crippen LogP contribution in [0.5, 0.6) is 5.75 Å². The minimum absolute atomic E-state index is 0.0898. The Kier molecular flexibility index (Phi) is 7.13.